The van der Waals surface area contributed by atoms with E-state index in [0.29, 0.717) is 5.92 Å². The highest BCUT2D eigenvalue weighted by molar-refractivity contribution is 5.42. The first-order valence-electron chi connectivity index (χ1n) is 5.34. The van der Waals surface area contributed by atoms with E-state index in [9.17, 15) is 0 Å². The zero-order valence-corrected chi connectivity index (χ0v) is 9.27. The third-order valence-corrected chi connectivity index (χ3v) is 2.76. The number of nitrogens with two attached hydrogens (primary N) is 1. The van der Waals surface area contributed by atoms with Gasteiger partial charge in [-0.05, 0) is 37.9 Å². The van der Waals surface area contributed by atoms with Gasteiger partial charge in [0.2, 0.25) is 0 Å². The number of imidazole rings is 1. The van der Waals surface area contributed by atoms with Crippen LogP contribution in [0.15, 0.2) is 24.4 Å². The Morgan fingerprint density at radius 3 is 3.00 bits per heavy atom. The van der Waals surface area contributed by atoms with Crippen LogP contribution in [-0.2, 0) is 6.42 Å². The number of aryl methyl sites for hydroxylation is 1. The van der Waals surface area contributed by atoms with Gasteiger partial charge in [-0.25, -0.2) is 4.98 Å². The molecule has 0 bridgehead atoms. The Balaban J connectivity index is 2.43. The summed E-state index contributed by atoms with van der Waals surface area (Å²) in [5.74, 6) is 0.504. The molecule has 0 aliphatic carbocycles. The SMILES string of the molecule is Cc1cccc2ncc(CC(C)CN)n12. The van der Waals surface area contributed by atoms with Crippen LogP contribution in [-0.4, -0.2) is 15.9 Å². The molecular formula is C12H17N3. The van der Waals surface area contributed by atoms with Crippen molar-refractivity contribution in [1.82, 2.24) is 9.38 Å². The monoisotopic (exact) mass is 203 g/mol. The molecule has 0 aliphatic heterocycles. The first-order chi connectivity index (χ1) is 7.22. The van der Waals surface area contributed by atoms with E-state index in [1.165, 1.54) is 11.4 Å². The van der Waals surface area contributed by atoms with Gasteiger partial charge in [0.1, 0.15) is 5.65 Å². The summed E-state index contributed by atoms with van der Waals surface area (Å²) in [6, 6.07) is 6.17. The maximum Gasteiger partial charge on any atom is 0.137 e. The number of fused-ring (bicyclic) bond motifs is 1. The van der Waals surface area contributed by atoms with Crippen molar-refractivity contribution in [3.63, 3.8) is 0 Å². The summed E-state index contributed by atoms with van der Waals surface area (Å²) in [6.45, 7) is 4.99. The van der Waals surface area contributed by atoms with Gasteiger partial charge in [-0.15, -0.1) is 0 Å². The van der Waals surface area contributed by atoms with E-state index in [1.807, 2.05) is 18.3 Å². The molecule has 2 N–H and O–H groups in total. The van der Waals surface area contributed by atoms with Gasteiger partial charge in [0, 0.05) is 17.6 Å². The van der Waals surface area contributed by atoms with Crippen molar-refractivity contribution in [2.24, 2.45) is 11.7 Å². The molecule has 0 radical (unpaired) electrons. The summed E-state index contributed by atoms with van der Waals surface area (Å²) in [5.41, 5.74) is 9.14. The largest absolute Gasteiger partial charge is 0.330 e. The molecule has 0 aromatic carbocycles. The molecule has 0 aliphatic rings. The standard InChI is InChI=1S/C12H17N3/c1-9(7-13)6-11-8-14-12-5-3-4-10(2)15(11)12/h3-5,8-9H,6-7,13H2,1-2H3. The summed E-state index contributed by atoms with van der Waals surface area (Å²) < 4.78 is 2.20. The van der Waals surface area contributed by atoms with Crippen molar-refractivity contribution in [1.29, 1.82) is 0 Å². The molecule has 0 amide bonds. The van der Waals surface area contributed by atoms with Crippen molar-refractivity contribution in [3.8, 4) is 0 Å². The average Bonchev–Trinajstić information content (AvgIpc) is 2.63. The highest BCUT2D eigenvalue weighted by Crippen LogP contribution is 2.13. The predicted octanol–water partition coefficient (Wildman–Crippen LogP) is 1.78. The quantitative estimate of drug-likeness (QED) is 0.826. The van der Waals surface area contributed by atoms with E-state index in [4.69, 9.17) is 5.73 Å². The van der Waals surface area contributed by atoms with Crippen LogP contribution >= 0.6 is 0 Å². The molecule has 1 atom stereocenters. The van der Waals surface area contributed by atoms with E-state index in [2.05, 4.69) is 29.3 Å². The molecule has 80 valence electrons. The molecule has 0 saturated carbocycles. The summed E-state index contributed by atoms with van der Waals surface area (Å²) >= 11 is 0. The van der Waals surface area contributed by atoms with Gasteiger partial charge in [-0.1, -0.05) is 13.0 Å². The Kier molecular flexibility index (Phi) is 2.73. The Morgan fingerprint density at radius 1 is 1.47 bits per heavy atom. The lowest BCUT2D eigenvalue weighted by atomic mass is 10.1. The molecule has 2 aromatic rings. The van der Waals surface area contributed by atoms with Crippen molar-refractivity contribution in [2.45, 2.75) is 20.3 Å². The maximum atomic E-state index is 5.64. The summed E-state index contributed by atoms with van der Waals surface area (Å²) in [7, 11) is 0. The number of hydrogen-bond donors (Lipinski definition) is 1. The van der Waals surface area contributed by atoms with Crippen LogP contribution in [0.4, 0.5) is 0 Å². The van der Waals surface area contributed by atoms with Crippen LogP contribution in [0, 0.1) is 12.8 Å². The van der Waals surface area contributed by atoms with E-state index in [0.717, 1.165) is 18.6 Å². The lowest BCUT2D eigenvalue weighted by Crippen LogP contribution is -2.14. The topological polar surface area (TPSA) is 43.3 Å². The molecule has 15 heavy (non-hydrogen) atoms. The summed E-state index contributed by atoms with van der Waals surface area (Å²) in [4.78, 5) is 4.39. The molecule has 2 heterocycles. The van der Waals surface area contributed by atoms with Crippen LogP contribution in [0.1, 0.15) is 18.3 Å². The zero-order chi connectivity index (χ0) is 10.8. The smallest absolute Gasteiger partial charge is 0.137 e. The fourth-order valence-corrected chi connectivity index (χ4v) is 1.86. The Hall–Kier alpha value is -1.35. The number of hydrogen-bond acceptors (Lipinski definition) is 2. The number of pyridine rings is 1. The zero-order valence-electron chi connectivity index (χ0n) is 9.27. The van der Waals surface area contributed by atoms with Crippen molar-refractivity contribution in [3.05, 3.63) is 35.8 Å². The van der Waals surface area contributed by atoms with Crippen molar-refractivity contribution < 1.29 is 0 Å². The highest BCUT2D eigenvalue weighted by atomic mass is 15.0. The second kappa shape index (κ2) is 4.03. The van der Waals surface area contributed by atoms with Crippen LogP contribution in [0.2, 0.25) is 0 Å². The van der Waals surface area contributed by atoms with Gasteiger partial charge in [0.25, 0.3) is 0 Å². The normalized spacial score (nSPS) is 13.3. The molecule has 0 saturated heterocycles. The van der Waals surface area contributed by atoms with E-state index in [1.54, 1.807) is 0 Å². The molecule has 3 heteroatoms. The van der Waals surface area contributed by atoms with E-state index >= 15 is 0 Å². The number of aromatic nitrogens is 2. The average molecular weight is 203 g/mol. The van der Waals surface area contributed by atoms with Gasteiger partial charge in [-0.3, -0.25) is 0 Å². The molecule has 0 fully saturated rings. The number of nitrogens with zero attached hydrogens (tertiary/aromatic N) is 2. The third kappa shape index (κ3) is 1.88. The fourth-order valence-electron chi connectivity index (χ4n) is 1.86. The Labute approximate surface area is 89.9 Å². The third-order valence-electron chi connectivity index (χ3n) is 2.76. The van der Waals surface area contributed by atoms with Gasteiger partial charge in [-0.2, -0.15) is 0 Å². The predicted molar refractivity (Wildman–Crippen MR) is 61.9 cm³/mol. The lowest BCUT2D eigenvalue weighted by Gasteiger charge is -2.09. The first-order valence-corrected chi connectivity index (χ1v) is 5.34. The van der Waals surface area contributed by atoms with Crippen LogP contribution < -0.4 is 5.73 Å². The maximum absolute atomic E-state index is 5.64. The van der Waals surface area contributed by atoms with Crippen LogP contribution in [0.25, 0.3) is 5.65 Å². The summed E-state index contributed by atoms with van der Waals surface area (Å²) in [6.07, 6.45) is 2.94. The summed E-state index contributed by atoms with van der Waals surface area (Å²) in [5, 5.41) is 0. The van der Waals surface area contributed by atoms with Gasteiger partial charge >= 0.3 is 0 Å². The Morgan fingerprint density at radius 2 is 2.27 bits per heavy atom. The van der Waals surface area contributed by atoms with Gasteiger partial charge in [0.05, 0.1) is 0 Å². The van der Waals surface area contributed by atoms with Crippen molar-refractivity contribution >= 4 is 5.65 Å². The molecule has 1 unspecified atom stereocenters. The first kappa shape index (κ1) is 10.2. The minimum absolute atomic E-state index is 0.504. The van der Waals surface area contributed by atoms with Crippen LogP contribution in [0.5, 0.6) is 0 Å². The van der Waals surface area contributed by atoms with Crippen LogP contribution in [0.3, 0.4) is 0 Å². The second-order valence-corrected chi connectivity index (χ2v) is 4.16. The van der Waals surface area contributed by atoms with Gasteiger partial charge in [0.15, 0.2) is 0 Å². The molecular weight excluding hydrogens is 186 g/mol. The van der Waals surface area contributed by atoms with E-state index in [-0.39, 0.29) is 0 Å². The van der Waals surface area contributed by atoms with Crippen molar-refractivity contribution in [2.75, 3.05) is 6.54 Å². The molecule has 2 aromatic heterocycles. The van der Waals surface area contributed by atoms with E-state index < -0.39 is 0 Å². The lowest BCUT2D eigenvalue weighted by molar-refractivity contribution is 0.581. The Bertz CT molecular complexity index is 459. The van der Waals surface area contributed by atoms with Gasteiger partial charge < -0.3 is 10.1 Å². The minimum atomic E-state index is 0.504. The molecule has 2 rings (SSSR count). The highest BCUT2D eigenvalue weighted by Gasteiger charge is 2.08. The molecule has 0 spiro atoms. The molecule has 3 nitrogen and oxygen atoms in total. The minimum Gasteiger partial charge on any atom is -0.330 e. The number of rotatable bonds is 3. The second-order valence-electron chi connectivity index (χ2n) is 4.16. The fraction of sp³-hybridized carbons (Fsp3) is 0.417.